The molecule has 33 heavy (non-hydrogen) atoms. The summed E-state index contributed by atoms with van der Waals surface area (Å²) in [4.78, 5) is 16.4. The number of piperazine rings is 1. The first-order valence-corrected chi connectivity index (χ1v) is 11.0. The predicted molar refractivity (Wildman–Crippen MR) is 121 cm³/mol. The average molecular weight is 463 g/mol. The summed E-state index contributed by atoms with van der Waals surface area (Å²) in [6.07, 6.45) is -1.20. The molecule has 0 saturated carbocycles. The SMILES string of the molecule is CCCc1cccc(/C=N/NC(=O)CN2CCN(Cc3ccc(C(F)(F)F)cc3)CC2)c1O. The number of halogens is 3. The standard InChI is InChI=1S/C24H29F3N4O2/c1-2-4-19-5-3-6-20(23(19)33)15-28-29-22(32)17-31-13-11-30(12-14-31)16-18-7-9-21(10-8-18)24(25,26)27/h3,5-10,15,33H,2,4,11-14,16-17H2,1H3,(H,29,32)/b28-15+. The van der Waals surface area contributed by atoms with Gasteiger partial charge in [0.05, 0.1) is 18.3 Å². The number of hydrazone groups is 1. The molecule has 1 aliphatic heterocycles. The molecular weight excluding hydrogens is 433 g/mol. The molecule has 0 radical (unpaired) electrons. The fourth-order valence-corrected chi connectivity index (χ4v) is 3.76. The summed E-state index contributed by atoms with van der Waals surface area (Å²) in [5.74, 6) is -0.0619. The molecule has 6 nitrogen and oxygen atoms in total. The number of nitrogens with zero attached hydrogens (tertiary/aromatic N) is 3. The van der Waals surface area contributed by atoms with Crippen LogP contribution in [0.2, 0.25) is 0 Å². The number of phenolic OH excluding ortho intramolecular Hbond substituents is 1. The van der Waals surface area contributed by atoms with Crippen LogP contribution in [0.25, 0.3) is 0 Å². The predicted octanol–water partition coefficient (Wildman–Crippen LogP) is 3.63. The number of alkyl halides is 3. The van der Waals surface area contributed by atoms with Gasteiger partial charge in [-0.2, -0.15) is 18.3 Å². The Hall–Kier alpha value is -2.91. The van der Waals surface area contributed by atoms with Gasteiger partial charge in [0.2, 0.25) is 0 Å². The Kier molecular flexibility index (Phi) is 8.46. The summed E-state index contributed by atoms with van der Waals surface area (Å²) in [7, 11) is 0. The Balaban J connectivity index is 1.41. The summed E-state index contributed by atoms with van der Waals surface area (Å²) >= 11 is 0. The number of phenols is 1. The molecule has 0 atom stereocenters. The smallest absolute Gasteiger partial charge is 0.416 e. The number of nitrogens with one attached hydrogen (secondary N) is 1. The summed E-state index contributed by atoms with van der Waals surface area (Å²) < 4.78 is 38.0. The molecule has 1 heterocycles. The number of aromatic hydroxyl groups is 1. The van der Waals surface area contributed by atoms with E-state index in [4.69, 9.17) is 0 Å². The van der Waals surface area contributed by atoms with Gasteiger partial charge in [0.15, 0.2) is 0 Å². The second-order valence-electron chi connectivity index (χ2n) is 8.15. The van der Waals surface area contributed by atoms with E-state index in [1.807, 2.05) is 24.0 Å². The molecular formula is C24H29F3N4O2. The van der Waals surface area contributed by atoms with Gasteiger partial charge in [0.1, 0.15) is 5.75 Å². The zero-order valence-electron chi connectivity index (χ0n) is 18.6. The van der Waals surface area contributed by atoms with Crippen LogP contribution in [0.4, 0.5) is 13.2 Å². The van der Waals surface area contributed by atoms with E-state index in [0.29, 0.717) is 25.2 Å². The van der Waals surface area contributed by atoms with E-state index in [-0.39, 0.29) is 18.2 Å². The lowest BCUT2D eigenvalue weighted by molar-refractivity contribution is -0.137. The van der Waals surface area contributed by atoms with Crippen molar-refractivity contribution < 1.29 is 23.1 Å². The minimum atomic E-state index is -4.33. The van der Waals surface area contributed by atoms with Crippen LogP contribution in [0.5, 0.6) is 5.75 Å². The van der Waals surface area contributed by atoms with Gasteiger partial charge in [-0.15, -0.1) is 0 Å². The van der Waals surface area contributed by atoms with Crippen molar-refractivity contribution in [1.29, 1.82) is 0 Å². The van der Waals surface area contributed by atoms with Crippen LogP contribution >= 0.6 is 0 Å². The van der Waals surface area contributed by atoms with Gasteiger partial charge in [0, 0.05) is 38.3 Å². The minimum absolute atomic E-state index is 0.182. The van der Waals surface area contributed by atoms with Gasteiger partial charge < -0.3 is 5.11 Å². The van der Waals surface area contributed by atoms with Crippen molar-refractivity contribution in [2.45, 2.75) is 32.5 Å². The lowest BCUT2D eigenvalue weighted by atomic mass is 10.1. The van der Waals surface area contributed by atoms with Gasteiger partial charge in [-0.1, -0.05) is 37.6 Å². The molecule has 1 amide bonds. The number of aryl methyl sites for hydroxylation is 1. The quantitative estimate of drug-likeness (QED) is 0.465. The highest BCUT2D eigenvalue weighted by Gasteiger charge is 2.30. The molecule has 0 spiro atoms. The van der Waals surface area contributed by atoms with Gasteiger partial charge in [0.25, 0.3) is 5.91 Å². The summed E-state index contributed by atoms with van der Waals surface area (Å²) in [5, 5.41) is 14.2. The third-order valence-electron chi connectivity index (χ3n) is 5.58. The molecule has 0 bridgehead atoms. The maximum absolute atomic E-state index is 12.7. The van der Waals surface area contributed by atoms with E-state index in [1.165, 1.54) is 18.3 Å². The number of rotatable bonds is 8. The molecule has 0 aliphatic carbocycles. The molecule has 1 fully saturated rings. The van der Waals surface area contributed by atoms with E-state index in [1.54, 1.807) is 6.07 Å². The van der Waals surface area contributed by atoms with E-state index in [9.17, 15) is 23.1 Å². The molecule has 0 aromatic heterocycles. The normalized spacial score (nSPS) is 15.8. The Morgan fingerprint density at radius 1 is 1.09 bits per heavy atom. The monoisotopic (exact) mass is 462 g/mol. The number of hydrogen-bond acceptors (Lipinski definition) is 5. The molecule has 9 heteroatoms. The van der Waals surface area contributed by atoms with Gasteiger partial charge in [-0.05, 0) is 35.7 Å². The van der Waals surface area contributed by atoms with Crippen LogP contribution in [-0.4, -0.2) is 59.8 Å². The lowest BCUT2D eigenvalue weighted by Crippen LogP contribution is -2.48. The lowest BCUT2D eigenvalue weighted by Gasteiger charge is -2.34. The van der Waals surface area contributed by atoms with Crippen LogP contribution in [-0.2, 0) is 23.9 Å². The summed E-state index contributed by atoms with van der Waals surface area (Å²) in [6, 6.07) is 10.7. The minimum Gasteiger partial charge on any atom is -0.507 e. The highest BCUT2D eigenvalue weighted by molar-refractivity contribution is 5.86. The van der Waals surface area contributed by atoms with Crippen molar-refractivity contribution in [2.75, 3.05) is 32.7 Å². The van der Waals surface area contributed by atoms with E-state index in [0.717, 1.165) is 49.2 Å². The van der Waals surface area contributed by atoms with Crippen LogP contribution in [0.3, 0.4) is 0 Å². The van der Waals surface area contributed by atoms with Crippen molar-refractivity contribution in [3.05, 3.63) is 64.7 Å². The molecule has 2 aromatic rings. The second-order valence-corrected chi connectivity index (χ2v) is 8.15. The third-order valence-corrected chi connectivity index (χ3v) is 5.58. The van der Waals surface area contributed by atoms with Crippen LogP contribution in [0.15, 0.2) is 47.6 Å². The number of carbonyl (C=O) groups excluding carboxylic acids is 1. The average Bonchev–Trinajstić information content (AvgIpc) is 2.77. The molecule has 2 aromatic carbocycles. The number of carbonyl (C=O) groups is 1. The Morgan fingerprint density at radius 3 is 2.39 bits per heavy atom. The van der Waals surface area contributed by atoms with Crippen molar-refractivity contribution in [3.63, 3.8) is 0 Å². The third kappa shape index (κ3) is 7.30. The Labute approximate surface area is 191 Å². The van der Waals surface area contributed by atoms with Crippen LogP contribution < -0.4 is 5.43 Å². The number of benzene rings is 2. The summed E-state index contributed by atoms with van der Waals surface area (Å²) in [5.41, 5.74) is 4.08. The number of hydrogen-bond donors (Lipinski definition) is 2. The van der Waals surface area contributed by atoms with Crippen LogP contribution in [0, 0.1) is 0 Å². The maximum Gasteiger partial charge on any atom is 0.416 e. The van der Waals surface area contributed by atoms with Gasteiger partial charge >= 0.3 is 6.18 Å². The molecule has 3 rings (SSSR count). The Bertz CT molecular complexity index is 953. The number of para-hydroxylation sites is 1. The topological polar surface area (TPSA) is 68.2 Å². The van der Waals surface area contributed by atoms with Gasteiger partial charge in [-0.3, -0.25) is 14.6 Å². The molecule has 1 aliphatic rings. The van der Waals surface area contributed by atoms with E-state index >= 15 is 0 Å². The fourth-order valence-electron chi connectivity index (χ4n) is 3.76. The largest absolute Gasteiger partial charge is 0.507 e. The van der Waals surface area contributed by atoms with E-state index in [2.05, 4.69) is 15.4 Å². The first-order valence-electron chi connectivity index (χ1n) is 11.0. The molecule has 178 valence electrons. The van der Waals surface area contributed by atoms with E-state index < -0.39 is 11.7 Å². The molecule has 2 N–H and O–H groups in total. The molecule has 1 saturated heterocycles. The first-order chi connectivity index (χ1) is 15.8. The van der Waals surface area contributed by atoms with Gasteiger partial charge in [-0.25, -0.2) is 5.43 Å². The zero-order valence-corrected chi connectivity index (χ0v) is 18.6. The van der Waals surface area contributed by atoms with Crippen molar-refractivity contribution >= 4 is 12.1 Å². The Morgan fingerprint density at radius 2 is 1.76 bits per heavy atom. The van der Waals surface area contributed by atoms with Crippen molar-refractivity contribution in [3.8, 4) is 5.75 Å². The second kappa shape index (κ2) is 11.3. The highest BCUT2D eigenvalue weighted by atomic mass is 19.4. The highest BCUT2D eigenvalue weighted by Crippen LogP contribution is 2.29. The van der Waals surface area contributed by atoms with Crippen LogP contribution in [0.1, 0.15) is 35.6 Å². The summed E-state index contributed by atoms with van der Waals surface area (Å²) in [6.45, 7) is 5.60. The zero-order chi connectivity index (χ0) is 23.8. The van der Waals surface area contributed by atoms with Crippen molar-refractivity contribution in [2.24, 2.45) is 5.10 Å². The first kappa shape index (κ1) is 24.7. The number of amides is 1. The molecule has 0 unspecified atom stereocenters. The fraction of sp³-hybridized carbons (Fsp3) is 0.417. The maximum atomic E-state index is 12.7. The van der Waals surface area contributed by atoms with Crippen molar-refractivity contribution in [1.82, 2.24) is 15.2 Å².